The summed E-state index contributed by atoms with van der Waals surface area (Å²) in [5.41, 5.74) is 3.83. The Kier molecular flexibility index (Phi) is 5.96. The lowest BCUT2D eigenvalue weighted by Crippen LogP contribution is -2.40. The van der Waals surface area contributed by atoms with Gasteiger partial charge in [-0.1, -0.05) is 30.3 Å². The number of hydrogen-bond acceptors (Lipinski definition) is 3. The van der Waals surface area contributed by atoms with Crippen LogP contribution in [0, 0.1) is 13.8 Å². The molecule has 0 aromatic heterocycles. The number of hydrogen-bond donors (Lipinski definition) is 0. The number of esters is 1. The van der Waals surface area contributed by atoms with Crippen molar-refractivity contribution >= 4 is 18.0 Å². The van der Waals surface area contributed by atoms with Crippen LogP contribution in [0.25, 0.3) is 6.08 Å². The SMILES string of the molecule is C=C(C)C(=O)OC1CCN(C(=O)/C=C/c2ccc(C)cc2C)CC1. The molecule has 0 N–H and O–H groups in total. The first-order chi connectivity index (χ1) is 11.4. The second-order valence-electron chi connectivity index (χ2n) is 6.40. The maximum Gasteiger partial charge on any atom is 0.333 e. The van der Waals surface area contributed by atoms with Crippen molar-refractivity contribution in [3.63, 3.8) is 0 Å². The van der Waals surface area contributed by atoms with E-state index < -0.39 is 0 Å². The molecule has 0 radical (unpaired) electrons. The van der Waals surface area contributed by atoms with E-state index in [2.05, 4.69) is 19.6 Å². The lowest BCUT2D eigenvalue weighted by atomic mass is 10.0. The van der Waals surface area contributed by atoms with Gasteiger partial charge >= 0.3 is 5.97 Å². The predicted octanol–water partition coefficient (Wildman–Crippen LogP) is 3.43. The molecule has 1 heterocycles. The van der Waals surface area contributed by atoms with Crippen LogP contribution in [0.5, 0.6) is 0 Å². The van der Waals surface area contributed by atoms with Gasteiger partial charge < -0.3 is 9.64 Å². The Morgan fingerprint density at radius 1 is 1.25 bits per heavy atom. The van der Waals surface area contributed by atoms with Crippen molar-refractivity contribution in [3.05, 3.63) is 53.1 Å². The third kappa shape index (κ3) is 4.82. The van der Waals surface area contributed by atoms with Crippen LogP contribution in [-0.2, 0) is 14.3 Å². The van der Waals surface area contributed by atoms with Crippen LogP contribution in [0.2, 0.25) is 0 Å². The Hall–Kier alpha value is -2.36. The van der Waals surface area contributed by atoms with Gasteiger partial charge in [-0.25, -0.2) is 4.79 Å². The number of rotatable bonds is 4. The predicted molar refractivity (Wildman–Crippen MR) is 95.5 cm³/mol. The molecule has 1 saturated heterocycles. The first-order valence-corrected chi connectivity index (χ1v) is 8.27. The Morgan fingerprint density at radius 3 is 2.50 bits per heavy atom. The third-order valence-corrected chi connectivity index (χ3v) is 4.21. The van der Waals surface area contributed by atoms with Gasteiger partial charge in [0.25, 0.3) is 0 Å². The second-order valence-corrected chi connectivity index (χ2v) is 6.40. The van der Waals surface area contributed by atoms with Crippen molar-refractivity contribution in [1.82, 2.24) is 4.90 Å². The zero-order valence-electron chi connectivity index (χ0n) is 14.7. The summed E-state index contributed by atoms with van der Waals surface area (Å²) in [6.07, 6.45) is 4.70. The molecule has 1 amide bonds. The summed E-state index contributed by atoms with van der Waals surface area (Å²) in [4.78, 5) is 25.6. The lowest BCUT2D eigenvalue weighted by molar-refractivity contribution is -0.147. The van der Waals surface area contributed by atoms with Crippen molar-refractivity contribution in [2.24, 2.45) is 0 Å². The standard InChI is InChI=1S/C20H25NO3/c1-14(2)20(23)24-18-9-11-21(12-10-18)19(22)8-7-17-6-5-15(3)13-16(17)4/h5-8,13,18H,1,9-12H2,2-4H3/b8-7+. The smallest absolute Gasteiger partial charge is 0.333 e. The zero-order chi connectivity index (χ0) is 17.7. The highest BCUT2D eigenvalue weighted by Crippen LogP contribution is 2.16. The summed E-state index contributed by atoms with van der Waals surface area (Å²) in [7, 11) is 0. The molecule has 1 fully saturated rings. The molecule has 1 aliphatic heterocycles. The number of piperidine rings is 1. The van der Waals surface area contributed by atoms with E-state index >= 15 is 0 Å². The van der Waals surface area contributed by atoms with Crippen LogP contribution < -0.4 is 0 Å². The van der Waals surface area contributed by atoms with Gasteiger partial charge in [-0.15, -0.1) is 0 Å². The molecule has 1 aromatic carbocycles. The van der Waals surface area contributed by atoms with Crippen LogP contribution in [0.1, 0.15) is 36.5 Å². The largest absolute Gasteiger partial charge is 0.459 e. The van der Waals surface area contributed by atoms with Crippen molar-refractivity contribution < 1.29 is 14.3 Å². The van der Waals surface area contributed by atoms with Gasteiger partial charge in [0.2, 0.25) is 5.91 Å². The van der Waals surface area contributed by atoms with Gasteiger partial charge in [0.1, 0.15) is 6.10 Å². The molecule has 1 aromatic rings. The number of ether oxygens (including phenoxy) is 1. The maximum atomic E-state index is 12.3. The topological polar surface area (TPSA) is 46.6 Å². The minimum atomic E-state index is -0.352. The van der Waals surface area contributed by atoms with E-state index in [1.165, 1.54) is 5.56 Å². The van der Waals surface area contributed by atoms with Gasteiger partial charge in [0.05, 0.1) is 0 Å². The van der Waals surface area contributed by atoms with Gasteiger partial charge in [-0.05, 0) is 38.0 Å². The van der Waals surface area contributed by atoms with E-state index in [1.54, 1.807) is 17.9 Å². The number of carbonyl (C=O) groups is 2. The second kappa shape index (κ2) is 7.95. The Balaban J connectivity index is 1.87. The van der Waals surface area contributed by atoms with Gasteiger partial charge in [-0.3, -0.25) is 4.79 Å². The van der Waals surface area contributed by atoms with Crippen LogP contribution in [-0.4, -0.2) is 36.0 Å². The van der Waals surface area contributed by atoms with Crippen LogP contribution in [0.4, 0.5) is 0 Å². The summed E-state index contributed by atoms with van der Waals surface area (Å²) >= 11 is 0. The number of benzene rings is 1. The summed E-state index contributed by atoms with van der Waals surface area (Å²) in [5, 5.41) is 0. The van der Waals surface area contributed by atoms with Gasteiger partial charge in [0, 0.05) is 37.6 Å². The summed E-state index contributed by atoms with van der Waals surface area (Å²) in [6.45, 7) is 10.5. The quantitative estimate of drug-likeness (QED) is 0.629. The first-order valence-electron chi connectivity index (χ1n) is 8.27. The number of likely N-dealkylation sites (tertiary alicyclic amines) is 1. The fourth-order valence-electron chi connectivity index (χ4n) is 2.73. The monoisotopic (exact) mass is 327 g/mol. The highest BCUT2D eigenvalue weighted by Gasteiger charge is 2.24. The fraction of sp³-hybridized carbons (Fsp3) is 0.400. The zero-order valence-corrected chi connectivity index (χ0v) is 14.7. The van der Waals surface area contributed by atoms with Crippen molar-refractivity contribution in [2.45, 2.75) is 39.7 Å². The summed E-state index contributed by atoms with van der Waals surface area (Å²) in [6, 6.07) is 6.17. The number of aryl methyl sites for hydroxylation is 2. The molecule has 4 nitrogen and oxygen atoms in total. The van der Waals surface area contributed by atoms with Crippen molar-refractivity contribution in [1.29, 1.82) is 0 Å². The average molecular weight is 327 g/mol. The van der Waals surface area contributed by atoms with E-state index in [9.17, 15) is 9.59 Å². The van der Waals surface area contributed by atoms with Crippen molar-refractivity contribution in [3.8, 4) is 0 Å². The highest BCUT2D eigenvalue weighted by atomic mass is 16.5. The van der Waals surface area contributed by atoms with E-state index in [1.807, 2.05) is 25.1 Å². The summed E-state index contributed by atoms with van der Waals surface area (Å²) < 4.78 is 5.34. The Morgan fingerprint density at radius 2 is 1.92 bits per heavy atom. The third-order valence-electron chi connectivity index (χ3n) is 4.21. The van der Waals surface area contributed by atoms with E-state index in [0.717, 1.165) is 11.1 Å². The molecule has 128 valence electrons. The Labute approximate surface area is 143 Å². The van der Waals surface area contributed by atoms with Crippen molar-refractivity contribution in [2.75, 3.05) is 13.1 Å². The molecule has 0 atom stereocenters. The molecule has 0 bridgehead atoms. The van der Waals surface area contributed by atoms with E-state index in [-0.39, 0.29) is 18.0 Å². The van der Waals surface area contributed by atoms with Gasteiger partial charge in [-0.2, -0.15) is 0 Å². The van der Waals surface area contributed by atoms with E-state index in [0.29, 0.717) is 31.5 Å². The first kappa shape index (κ1) is 18.0. The minimum Gasteiger partial charge on any atom is -0.459 e. The molecular weight excluding hydrogens is 302 g/mol. The van der Waals surface area contributed by atoms with Crippen LogP contribution in [0.3, 0.4) is 0 Å². The molecule has 0 unspecified atom stereocenters. The van der Waals surface area contributed by atoms with Crippen LogP contribution in [0.15, 0.2) is 36.4 Å². The summed E-state index contributed by atoms with van der Waals surface area (Å²) in [5.74, 6) is -0.353. The minimum absolute atomic E-state index is 0.000322. The van der Waals surface area contributed by atoms with Crippen LogP contribution >= 0.6 is 0 Å². The van der Waals surface area contributed by atoms with Gasteiger partial charge in [0.15, 0.2) is 0 Å². The number of nitrogens with zero attached hydrogens (tertiary/aromatic N) is 1. The lowest BCUT2D eigenvalue weighted by Gasteiger charge is -2.31. The Bertz CT molecular complexity index is 667. The molecule has 0 spiro atoms. The molecule has 4 heteroatoms. The molecule has 1 aliphatic rings. The molecule has 0 aliphatic carbocycles. The molecule has 2 rings (SSSR count). The normalized spacial score (nSPS) is 15.5. The molecular formula is C20H25NO3. The highest BCUT2D eigenvalue weighted by molar-refractivity contribution is 5.92. The molecule has 0 saturated carbocycles. The average Bonchev–Trinajstić information content (AvgIpc) is 2.54. The number of amides is 1. The number of carbonyl (C=O) groups excluding carboxylic acids is 2. The van der Waals surface area contributed by atoms with E-state index in [4.69, 9.17) is 4.74 Å². The fourth-order valence-corrected chi connectivity index (χ4v) is 2.73. The maximum absolute atomic E-state index is 12.3. The molecule has 24 heavy (non-hydrogen) atoms.